The molecule has 1 aliphatic heterocycles. The maximum absolute atomic E-state index is 11.3. The van der Waals surface area contributed by atoms with Crippen molar-refractivity contribution in [2.24, 2.45) is 0 Å². The van der Waals surface area contributed by atoms with Crippen LogP contribution in [0, 0.1) is 3.57 Å². The number of carbonyl (C=O) groups excluding carboxylic acids is 1. The summed E-state index contributed by atoms with van der Waals surface area (Å²) in [5, 5.41) is 2.72. The second kappa shape index (κ2) is 5.20. The molecule has 0 unspecified atom stereocenters. The normalized spacial score (nSPS) is 13.2. The fourth-order valence-corrected chi connectivity index (χ4v) is 2.20. The summed E-state index contributed by atoms with van der Waals surface area (Å²) in [4.78, 5) is 11.3. The van der Waals surface area contributed by atoms with Gasteiger partial charge in [-0.1, -0.05) is 0 Å². The van der Waals surface area contributed by atoms with Gasteiger partial charge in [0, 0.05) is 15.7 Å². The first-order valence-electron chi connectivity index (χ1n) is 5.91. The summed E-state index contributed by atoms with van der Waals surface area (Å²) in [6.07, 6.45) is 0. The molecule has 1 amide bonds. The number of nitrogens with two attached hydrogens (primary N) is 1. The molecule has 0 bridgehead atoms. The molecule has 102 valence electrons. The van der Waals surface area contributed by atoms with Gasteiger partial charge < -0.3 is 20.5 Å². The SMILES string of the molecule is Nc1cc2c(cc1Oc1ccc(I)cc1)NC(=O)CO2. The number of nitrogen functional groups attached to an aromatic ring is 1. The highest BCUT2D eigenvalue weighted by Crippen LogP contribution is 2.38. The maximum Gasteiger partial charge on any atom is 0.262 e. The largest absolute Gasteiger partial charge is 0.481 e. The standard InChI is InChI=1S/C14H11IN2O3/c15-8-1-3-9(4-2-8)20-12-6-11-13(5-10(12)16)19-7-14(18)17-11/h1-6H,7,16H2,(H,17,18). The number of fused-ring (bicyclic) bond motifs is 1. The van der Waals surface area contributed by atoms with E-state index >= 15 is 0 Å². The van der Waals surface area contributed by atoms with E-state index < -0.39 is 0 Å². The highest BCUT2D eigenvalue weighted by atomic mass is 127. The Kier molecular flexibility index (Phi) is 3.39. The van der Waals surface area contributed by atoms with Crippen LogP contribution in [0.1, 0.15) is 0 Å². The number of rotatable bonds is 2. The lowest BCUT2D eigenvalue weighted by Gasteiger charge is -2.19. The minimum absolute atomic E-state index is 0.00374. The minimum Gasteiger partial charge on any atom is -0.481 e. The third-order valence-electron chi connectivity index (χ3n) is 2.79. The quantitative estimate of drug-likeness (QED) is 0.619. The van der Waals surface area contributed by atoms with Crippen molar-refractivity contribution in [1.29, 1.82) is 0 Å². The minimum atomic E-state index is -0.192. The number of hydrogen-bond acceptors (Lipinski definition) is 4. The van der Waals surface area contributed by atoms with Crippen LogP contribution in [0.25, 0.3) is 0 Å². The van der Waals surface area contributed by atoms with Crippen LogP contribution in [0.3, 0.4) is 0 Å². The van der Waals surface area contributed by atoms with Crippen molar-refractivity contribution in [3.63, 3.8) is 0 Å². The van der Waals surface area contributed by atoms with Crippen molar-refractivity contribution in [3.05, 3.63) is 40.0 Å². The van der Waals surface area contributed by atoms with E-state index in [1.54, 1.807) is 12.1 Å². The summed E-state index contributed by atoms with van der Waals surface area (Å²) >= 11 is 2.22. The molecule has 1 aliphatic rings. The highest BCUT2D eigenvalue weighted by molar-refractivity contribution is 14.1. The van der Waals surface area contributed by atoms with E-state index in [-0.39, 0.29) is 12.5 Å². The van der Waals surface area contributed by atoms with Crippen LogP contribution in [0.4, 0.5) is 11.4 Å². The zero-order valence-corrected chi connectivity index (χ0v) is 12.5. The molecular formula is C14H11IN2O3. The van der Waals surface area contributed by atoms with E-state index in [9.17, 15) is 4.79 Å². The summed E-state index contributed by atoms with van der Waals surface area (Å²) in [5.74, 6) is 1.52. The number of benzene rings is 2. The van der Waals surface area contributed by atoms with Gasteiger partial charge in [0.25, 0.3) is 5.91 Å². The smallest absolute Gasteiger partial charge is 0.262 e. The van der Waals surface area contributed by atoms with Crippen molar-refractivity contribution >= 4 is 39.9 Å². The van der Waals surface area contributed by atoms with Crippen LogP contribution in [0.2, 0.25) is 0 Å². The zero-order valence-electron chi connectivity index (χ0n) is 10.4. The van der Waals surface area contributed by atoms with Gasteiger partial charge >= 0.3 is 0 Å². The highest BCUT2D eigenvalue weighted by Gasteiger charge is 2.18. The Labute approximate surface area is 129 Å². The molecule has 1 heterocycles. The Morgan fingerprint density at radius 3 is 2.75 bits per heavy atom. The Morgan fingerprint density at radius 2 is 2.00 bits per heavy atom. The molecule has 3 N–H and O–H groups in total. The van der Waals surface area contributed by atoms with Gasteiger partial charge in [0.05, 0.1) is 11.4 Å². The van der Waals surface area contributed by atoms with Crippen LogP contribution < -0.4 is 20.5 Å². The number of ether oxygens (including phenoxy) is 2. The van der Waals surface area contributed by atoms with Crippen LogP contribution in [-0.4, -0.2) is 12.5 Å². The Hall–Kier alpha value is -1.96. The van der Waals surface area contributed by atoms with Gasteiger partial charge in [-0.25, -0.2) is 0 Å². The Bertz CT molecular complexity index is 671. The number of nitrogens with one attached hydrogen (secondary N) is 1. The van der Waals surface area contributed by atoms with Crippen molar-refractivity contribution in [2.45, 2.75) is 0 Å². The van der Waals surface area contributed by atoms with Gasteiger partial charge in [0.1, 0.15) is 11.5 Å². The van der Waals surface area contributed by atoms with Gasteiger partial charge in [-0.05, 0) is 46.9 Å². The average molecular weight is 382 g/mol. The molecule has 0 fully saturated rings. The molecule has 2 aromatic carbocycles. The average Bonchev–Trinajstić information content (AvgIpc) is 2.42. The predicted octanol–water partition coefficient (Wildman–Crippen LogP) is 3.00. The fraction of sp³-hybridized carbons (Fsp3) is 0.0714. The summed E-state index contributed by atoms with van der Waals surface area (Å²) in [6, 6.07) is 10.9. The zero-order chi connectivity index (χ0) is 14.1. The number of carbonyl (C=O) groups is 1. The predicted molar refractivity (Wildman–Crippen MR) is 84.2 cm³/mol. The fourth-order valence-electron chi connectivity index (χ4n) is 1.84. The Morgan fingerprint density at radius 1 is 1.25 bits per heavy atom. The molecule has 2 aromatic rings. The van der Waals surface area contributed by atoms with Gasteiger partial charge in [-0.3, -0.25) is 4.79 Å². The first-order valence-corrected chi connectivity index (χ1v) is 6.99. The van der Waals surface area contributed by atoms with E-state index in [0.29, 0.717) is 28.6 Å². The molecule has 0 saturated carbocycles. The number of anilines is 2. The lowest BCUT2D eigenvalue weighted by Crippen LogP contribution is -2.25. The summed E-state index contributed by atoms with van der Waals surface area (Å²) in [7, 11) is 0. The maximum atomic E-state index is 11.3. The number of hydrogen-bond donors (Lipinski definition) is 2. The summed E-state index contributed by atoms with van der Waals surface area (Å²) in [6.45, 7) is 0.00374. The van der Waals surface area contributed by atoms with E-state index in [1.165, 1.54) is 0 Å². The van der Waals surface area contributed by atoms with Gasteiger partial charge in [-0.2, -0.15) is 0 Å². The van der Waals surface area contributed by atoms with E-state index in [2.05, 4.69) is 27.9 Å². The number of amides is 1. The van der Waals surface area contributed by atoms with E-state index in [0.717, 1.165) is 3.57 Å². The molecular weight excluding hydrogens is 371 g/mol. The van der Waals surface area contributed by atoms with Crippen molar-refractivity contribution < 1.29 is 14.3 Å². The van der Waals surface area contributed by atoms with Crippen molar-refractivity contribution in [1.82, 2.24) is 0 Å². The van der Waals surface area contributed by atoms with Crippen LogP contribution in [-0.2, 0) is 4.79 Å². The molecule has 0 aliphatic carbocycles. The molecule has 0 radical (unpaired) electrons. The van der Waals surface area contributed by atoms with Crippen molar-refractivity contribution in [3.8, 4) is 17.2 Å². The first-order chi connectivity index (χ1) is 9.61. The molecule has 0 saturated heterocycles. The molecule has 6 heteroatoms. The summed E-state index contributed by atoms with van der Waals surface area (Å²) < 4.78 is 12.1. The molecule has 0 aromatic heterocycles. The molecule has 20 heavy (non-hydrogen) atoms. The molecule has 5 nitrogen and oxygen atoms in total. The third-order valence-corrected chi connectivity index (χ3v) is 3.51. The lowest BCUT2D eigenvalue weighted by molar-refractivity contribution is -0.118. The van der Waals surface area contributed by atoms with Crippen molar-refractivity contribution in [2.75, 3.05) is 17.7 Å². The third kappa shape index (κ3) is 2.64. The van der Waals surface area contributed by atoms with Crippen LogP contribution >= 0.6 is 22.6 Å². The van der Waals surface area contributed by atoms with Crippen LogP contribution in [0.5, 0.6) is 17.2 Å². The van der Waals surface area contributed by atoms with Gasteiger partial charge in [0.2, 0.25) is 0 Å². The second-order valence-electron chi connectivity index (χ2n) is 4.28. The van der Waals surface area contributed by atoms with Gasteiger partial charge in [0.15, 0.2) is 12.4 Å². The van der Waals surface area contributed by atoms with E-state index in [4.69, 9.17) is 15.2 Å². The molecule has 3 rings (SSSR count). The van der Waals surface area contributed by atoms with Gasteiger partial charge in [-0.15, -0.1) is 0 Å². The Balaban J connectivity index is 1.91. The topological polar surface area (TPSA) is 73.6 Å². The number of halogens is 1. The lowest BCUT2D eigenvalue weighted by atomic mass is 10.2. The molecule has 0 atom stereocenters. The monoisotopic (exact) mass is 382 g/mol. The van der Waals surface area contributed by atoms with E-state index in [1.807, 2.05) is 24.3 Å². The second-order valence-corrected chi connectivity index (χ2v) is 5.52. The first kappa shape index (κ1) is 13.0. The van der Waals surface area contributed by atoms with Crippen LogP contribution in [0.15, 0.2) is 36.4 Å². The summed E-state index contributed by atoms with van der Waals surface area (Å²) in [5.41, 5.74) is 6.96. The molecule has 0 spiro atoms.